The number of hydrogen-bond acceptors (Lipinski definition) is 4. The first-order valence-corrected chi connectivity index (χ1v) is 7.74. The lowest BCUT2D eigenvalue weighted by Crippen LogP contribution is -2.46. The Balaban J connectivity index is 1.86. The molecule has 1 saturated heterocycles. The van der Waals surface area contributed by atoms with Crippen LogP contribution >= 0.6 is 11.3 Å². The van der Waals surface area contributed by atoms with Crippen LogP contribution < -0.4 is 0 Å². The number of carbonyl (C=O) groups is 2. The van der Waals surface area contributed by atoms with Crippen molar-refractivity contribution < 1.29 is 14.7 Å². The molecule has 0 saturated carbocycles. The number of likely N-dealkylation sites (tertiary alicyclic amines) is 1. The van der Waals surface area contributed by atoms with Gasteiger partial charge in [0.05, 0.1) is 5.92 Å². The van der Waals surface area contributed by atoms with Crippen molar-refractivity contribution in [3.8, 4) is 0 Å². The van der Waals surface area contributed by atoms with E-state index in [0.29, 0.717) is 6.54 Å². The number of hydrogen-bond donors (Lipinski definition) is 1. The maximum Gasteiger partial charge on any atom is 0.331 e. The third kappa shape index (κ3) is 2.23. The minimum atomic E-state index is -0.927. The summed E-state index contributed by atoms with van der Waals surface area (Å²) in [6.07, 6.45) is 1.60. The van der Waals surface area contributed by atoms with Gasteiger partial charge in [0, 0.05) is 18.0 Å². The van der Waals surface area contributed by atoms with Crippen LogP contribution in [-0.4, -0.2) is 53.5 Å². The molecule has 2 aliphatic heterocycles. The maximum atomic E-state index is 12.6. The first-order chi connectivity index (χ1) is 9.58. The van der Waals surface area contributed by atoms with E-state index in [-0.39, 0.29) is 11.8 Å². The zero-order valence-electron chi connectivity index (χ0n) is 11.4. The number of carbonyl (C=O) groups excluding carboxylic acids is 1. The molecule has 3 rings (SSSR count). The van der Waals surface area contributed by atoms with E-state index >= 15 is 0 Å². The van der Waals surface area contributed by atoms with E-state index < -0.39 is 12.0 Å². The lowest BCUT2D eigenvalue weighted by atomic mass is 9.97. The van der Waals surface area contributed by atoms with E-state index in [1.165, 1.54) is 0 Å². The van der Waals surface area contributed by atoms with Crippen LogP contribution in [0, 0.1) is 5.92 Å². The second-order valence-corrected chi connectivity index (χ2v) is 6.57. The molecule has 0 radical (unpaired) electrons. The minimum absolute atomic E-state index is 0.00130. The predicted molar refractivity (Wildman–Crippen MR) is 75.7 cm³/mol. The smallest absolute Gasteiger partial charge is 0.331 e. The van der Waals surface area contributed by atoms with Gasteiger partial charge in [-0.25, -0.2) is 4.79 Å². The van der Waals surface area contributed by atoms with Gasteiger partial charge in [-0.3, -0.25) is 4.79 Å². The summed E-state index contributed by atoms with van der Waals surface area (Å²) in [6.45, 7) is 2.16. The van der Waals surface area contributed by atoms with Crippen molar-refractivity contribution in [3.05, 3.63) is 21.9 Å². The molecular formula is C14H18N2O3S. The second kappa shape index (κ2) is 5.18. The Kier molecular flexibility index (Phi) is 3.52. The fraction of sp³-hybridized carbons (Fsp3) is 0.571. The molecule has 0 spiro atoms. The lowest BCUT2D eigenvalue weighted by Gasteiger charge is -2.34. The maximum absolute atomic E-state index is 12.6. The largest absolute Gasteiger partial charge is 0.479 e. The molecule has 108 valence electrons. The Bertz CT molecular complexity index is 542. The van der Waals surface area contributed by atoms with Crippen molar-refractivity contribution >= 4 is 23.2 Å². The molecule has 3 heterocycles. The molecule has 2 atom stereocenters. The van der Waals surface area contributed by atoms with E-state index in [4.69, 9.17) is 0 Å². The van der Waals surface area contributed by atoms with Gasteiger partial charge >= 0.3 is 5.97 Å². The molecule has 0 aromatic carbocycles. The molecule has 5 nitrogen and oxygen atoms in total. The van der Waals surface area contributed by atoms with E-state index in [1.54, 1.807) is 16.2 Å². The molecule has 1 fully saturated rings. The summed E-state index contributed by atoms with van der Waals surface area (Å²) in [5.41, 5.74) is 0.799. The average Bonchev–Trinajstić information content (AvgIpc) is 3.04. The molecule has 0 bridgehead atoms. The number of nitrogens with zero attached hydrogens (tertiary/aromatic N) is 2. The third-order valence-corrected chi connectivity index (χ3v) is 5.22. The molecule has 6 heteroatoms. The summed E-state index contributed by atoms with van der Waals surface area (Å²) in [7, 11) is 2.00. The van der Waals surface area contributed by atoms with Gasteiger partial charge in [-0.1, -0.05) is 0 Å². The van der Waals surface area contributed by atoms with Crippen LogP contribution in [0.1, 0.15) is 22.9 Å². The summed E-state index contributed by atoms with van der Waals surface area (Å²) in [4.78, 5) is 29.0. The van der Waals surface area contributed by atoms with Crippen molar-refractivity contribution in [2.75, 3.05) is 26.7 Å². The molecule has 1 N–H and O–H groups in total. The van der Waals surface area contributed by atoms with Crippen molar-refractivity contribution in [2.24, 2.45) is 5.92 Å². The van der Waals surface area contributed by atoms with E-state index in [9.17, 15) is 14.7 Å². The fourth-order valence-electron chi connectivity index (χ4n) is 3.19. The van der Waals surface area contributed by atoms with Crippen molar-refractivity contribution in [3.63, 3.8) is 0 Å². The topological polar surface area (TPSA) is 60.9 Å². The van der Waals surface area contributed by atoms with Gasteiger partial charge < -0.3 is 14.9 Å². The molecule has 1 aromatic rings. The summed E-state index contributed by atoms with van der Waals surface area (Å²) in [5.74, 6) is -0.982. The lowest BCUT2D eigenvalue weighted by molar-refractivity contribution is -0.152. The van der Waals surface area contributed by atoms with Gasteiger partial charge in [0.25, 0.3) is 0 Å². The van der Waals surface area contributed by atoms with E-state index in [0.717, 1.165) is 36.4 Å². The molecule has 1 amide bonds. The van der Waals surface area contributed by atoms with Crippen molar-refractivity contribution in [2.45, 2.75) is 18.9 Å². The first-order valence-electron chi connectivity index (χ1n) is 6.86. The normalized spacial score (nSPS) is 26.6. The number of amides is 1. The summed E-state index contributed by atoms with van der Waals surface area (Å²) < 4.78 is 0. The van der Waals surface area contributed by atoms with Gasteiger partial charge in [-0.2, -0.15) is 0 Å². The molecule has 2 unspecified atom stereocenters. The predicted octanol–water partition coefficient (Wildman–Crippen LogP) is 1.21. The van der Waals surface area contributed by atoms with Crippen molar-refractivity contribution in [1.82, 2.24) is 9.80 Å². The number of carboxylic acids is 1. The monoisotopic (exact) mass is 294 g/mol. The summed E-state index contributed by atoms with van der Waals surface area (Å²) in [6, 6.07) is 1.04. The summed E-state index contributed by atoms with van der Waals surface area (Å²) in [5, 5.41) is 11.4. The Morgan fingerprint density at radius 1 is 1.40 bits per heavy atom. The van der Waals surface area contributed by atoms with Gasteiger partial charge in [0.1, 0.15) is 0 Å². The standard InChI is InChI=1S/C14H18N2O3S/c1-15-5-2-9(8-15)13(17)16-6-3-11-10(4-7-20-11)12(16)14(18)19/h4,7,9,12H,2-3,5-6,8H2,1H3,(H,18,19). The molecule has 1 aromatic heterocycles. The number of carboxylic acid groups (broad SMARTS) is 1. The highest BCUT2D eigenvalue weighted by Gasteiger charge is 2.40. The quantitative estimate of drug-likeness (QED) is 0.890. The number of rotatable bonds is 2. The number of thiophene rings is 1. The SMILES string of the molecule is CN1CCC(C(=O)N2CCc3sccc3C2C(=O)O)C1. The Hall–Kier alpha value is -1.40. The molecular weight excluding hydrogens is 276 g/mol. The minimum Gasteiger partial charge on any atom is -0.479 e. The Labute approximate surface area is 121 Å². The van der Waals surface area contributed by atoms with E-state index in [1.807, 2.05) is 18.5 Å². The highest BCUT2D eigenvalue weighted by Crippen LogP contribution is 2.35. The Morgan fingerprint density at radius 2 is 2.20 bits per heavy atom. The molecule has 20 heavy (non-hydrogen) atoms. The highest BCUT2D eigenvalue weighted by atomic mass is 32.1. The number of aliphatic carboxylic acids is 1. The number of fused-ring (bicyclic) bond motifs is 1. The van der Waals surface area contributed by atoms with Crippen LogP contribution in [0.15, 0.2) is 11.4 Å². The average molecular weight is 294 g/mol. The third-order valence-electron chi connectivity index (χ3n) is 4.22. The van der Waals surface area contributed by atoms with Crippen molar-refractivity contribution in [1.29, 1.82) is 0 Å². The Morgan fingerprint density at radius 3 is 2.85 bits per heavy atom. The zero-order valence-corrected chi connectivity index (χ0v) is 12.2. The van der Waals surface area contributed by atoms with Gasteiger partial charge in [-0.05, 0) is 43.4 Å². The highest BCUT2D eigenvalue weighted by molar-refractivity contribution is 7.10. The van der Waals surface area contributed by atoms with Crippen LogP contribution in [0.2, 0.25) is 0 Å². The van der Waals surface area contributed by atoms with Crippen LogP contribution in [-0.2, 0) is 16.0 Å². The van der Waals surface area contributed by atoms with Gasteiger partial charge in [0.15, 0.2) is 6.04 Å². The zero-order chi connectivity index (χ0) is 14.3. The molecule has 2 aliphatic rings. The second-order valence-electron chi connectivity index (χ2n) is 5.57. The molecule has 0 aliphatic carbocycles. The van der Waals surface area contributed by atoms with Crippen LogP contribution in [0.3, 0.4) is 0 Å². The summed E-state index contributed by atoms with van der Waals surface area (Å²) >= 11 is 1.58. The van der Waals surface area contributed by atoms with Crippen LogP contribution in [0.4, 0.5) is 0 Å². The first kappa shape index (κ1) is 13.6. The van der Waals surface area contributed by atoms with Gasteiger partial charge in [0.2, 0.25) is 5.91 Å². The fourth-order valence-corrected chi connectivity index (χ4v) is 4.10. The van der Waals surface area contributed by atoms with Crippen LogP contribution in [0.5, 0.6) is 0 Å². The van der Waals surface area contributed by atoms with Crippen LogP contribution in [0.25, 0.3) is 0 Å². The van der Waals surface area contributed by atoms with Gasteiger partial charge in [-0.15, -0.1) is 11.3 Å². The van der Waals surface area contributed by atoms with E-state index in [2.05, 4.69) is 4.90 Å².